The molecule has 0 saturated carbocycles. The molecule has 2 nitrogen and oxygen atoms in total. The number of carbonyl (C=O) groups is 1. The Balaban J connectivity index is 1.86. The van der Waals surface area contributed by atoms with Crippen LogP contribution in [-0.4, -0.2) is 16.6 Å². The molecule has 110 valence electrons. The lowest BCUT2D eigenvalue weighted by atomic mass is 10.2. The first-order valence-electron chi connectivity index (χ1n) is 6.14. The third-order valence-electron chi connectivity index (χ3n) is 3.08. The molecule has 0 radical (unpaired) electrons. The Hall–Kier alpha value is -0.920. The lowest BCUT2D eigenvalue weighted by Crippen LogP contribution is -2.27. The molecule has 1 aromatic heterocycles. The van der Waals surface area contributed by atoms with Gasteiger partial charge in [-0.15, -0.1) is 23.1 Å². The van der Waals surface area contributed by atoms with Crippen LogP contribution in [0.15, 0.2) is 34.1 Å². The van der Waals surface area contributed by atoms with Gasteiger partial charge in [0.25, 0.3) is 0 Å². The van der Waals surface area contributed by atoms with Crippen molar-refractivity contribution in [1.82, 2.24) is 4.90 Å². The highest BCUT2D eigenvalue weighted by Crippen LogP contribution is 2.43. The number of halogens is 3. The van der Waals surface area contributed by atoms with Crippen LogP contribution in [0.2, 0.25) is 0 Å². The predicted octanol–water partition coefficient (Wildman–Crippen LogP) is 4.56. The summed E-state index contributed by atoms with van der Waals surface area (Å²) in [5.74, 6) is -0.878. The number of carbonyl (C=O) groups excluding carboxylic acids is 1. The number of amides is 1. The van der Waals surface area contributed by atoms with Gasteiger partial charge < -0.3 is 4.90 Å². The smallest absolute Gasteiger partial charge is 0.234 e. The highest BCUT2D eigenvalue weighted by molar-refractivity contribution is 9.11. The van der Waals surface area contributed by atoms with Gasteiger partial charge in [-0.2, -0.15) is 0 Å². The molecule has 1 unspecified atom stereocenters. The monoisotopic (exact) mass is 389 g/mol. The van der Waals surface area contributed by atoms with E-state index in [1.807, 2.05) is 12.1 Å². The van der Waals surface area contributed by atoms with Gasteiger partial charge in [-0.1, -0.05) is 0 Å². The van der Waals surface area contributed by atoms with Crippen LogP contribution in [0.4, 0.5) is 8.78 Å². The van der Waals surface area contributed by atoms with Gasteiger partial charge in [0.05, 0.1) is 9.54 Å². The molecule has 0 aliphatic carbocycles. The number of benzene rings is 1. The Morgan fingerprint density at radius 1 is 1.24 bits per heavy atom. The minimum atomic E-state index is -0.625. The summed E-state index contributed by atoms with van der Waals surface area (Å²) in [6.45, 7) is 0.209. The molecule has 1 aromatic carbocycles. The predicted molar refractivity (Wildman–Crippen MR) is 84.1 cm³/mol. The molecule has 0 spiro atoms. The van der Waals surface area contributed by atoms with Crippen molar-refractivity contribution in [3.8, 4) is 0 Å². The Bertz CT molecular complexity index is 671. The molecule has 1 saturated heterocycles. The largest absolute Gasteiger partial charge is 0.321 e. The maximum Gasteiger partial charge on any atom is 0.234 e. The van der Waals surface area contributed by atoms with Crippen LogP contribution in [-0.2, 0) is 11.3 Å². The fraction of sp³-hybridized carbons (Fsp3) is 0.214. The number of hydrogen-bond donors (Lipinski definition) is 0. The first-order valence-corrected chi connectivity index (χ1v) is 8.80. The Labute approximate surface area is 137 Å². The Morgan fingerprint density at radius 2 is 1.95 bits per heavy atom. The van der Waals surface area contributed by atoms with E-state index in [-0.39, 0.29) is 17.8 Å². The second-order valence-electron chi connectivity index (χ2n) is 4.60. The van der Waals surface area contributed by atoms with E-state index in [0.29, 0.717) is 11.3 Å². The first kappa shape index (κ1) is 15.0. The number of rotatable bonds is 3. The van der Waals surface area contributed by atoms with Crippen molar-refractivity contribution in [1.29, 1.82) is 0 Å². The van der Waals surface area contributed by atoms with Gasteiger partial charge in [0.15, 0.2) is 0 Å². The first-order chi connectivity index (χ1) is 10.0. The number of nitrogens with zero attached hydrogens (tertiary/aromatic N) is 1. The maximum atomic E-state index is 13.3. The van der Waals surface area contributed by atoms with Gasteiger partial charge in [0.2, 0.25) is 5.91 Å². The Kier molecular flexibility index (Phi) is 4.33. The average Bonchev–Trinajstić information content (AvgIpc) is 2.96. The molecule has 1 atom stereocenters. The van der Waals surface area contributed by atoms with Crippen LogP contribution < -0.4 is 0 Å². The summed E-state index contributed by atoms with van der Waals surface area (Å²) in [5, 5.41) is -0.0971. The summed E-state index contributed by atoms with van der Waals surface area (Å²) in [7, 11) is 0. The number of thioether (sulfide) groups is 1. The zero-order valence-electron chi connectivity index (χ0n) is 10.7. The summed E-state index contributed by atoms with van der Waals surface area (Å²) in [6.07, 6.45) is 0. The van der Waals surface area contributed by atoms with Crippen LogP contribution in [0.25, 0.3) is 0 Å². The summed E-state index contributed by atoms with van der Waals surface area (Å²) in [4.78, 5) is 14.8. The van der Waals surface area contributed by atoms with Gasteiger partial charge in [-0.05, 0) is 45.8 Å². The van der Waals surface area contributed by atoms with Crippen LogP contribution in [0.3, 0.4) is 0 Å². The minimum absolute atomic E-state index is 0.0146. The van der Waals surface area contributed by atoms with Crippen molar-refractivity contribution in [3.05, 3.63) is 56.2 Å². The van der Waals surface area contributed by atoms with Gasteiger partial charge in [0, 0.05) is 17.5 Å². The molecular formula is C14H10BrF2NOS2. The molecule has 0 N–H and O–H groups in total. The fourth-order valence-electron chi connectivity index (χ4n) is 2.22. The topological polar surface area (TPSA) is 20.3 Å². The molecule has 3 rings (SSSR count). The minimum Gasteiger partial charge on any atom is -0.321 e. The van der Waals surface area contributed by atoms with Crippen molar-refractivity contribution in [3.63, 3.8) is 0 Å². The van der Waals surface area contributed by atoms with E-state index in [9.17, 15) is 13.6 Å². The van der Waals surface area contributed by atoms with Gasteiger partial charge in [0.1, 0.15) is 17.0 Å². The summed E-state index contributed by atoms with van der Waals surface area (Å²) in [5.41, 5.74) is 0.462. The third kappa shape index (κ3) is 3.30. The fourth-order valence-corrected chi connectivity index (χ4v) is 5.07. The zero-order valence-corrected chi connectivity index (χ0v) is 13.9. The molecule has 7 heteroatoms. The number of hydrogen-bond acceptors (Lipinski definition) is 3. The van der Waals surface area contributed by atoms with Gasteiger partial charge in [-0.3, -0.25) is 4.79 Å². The molecule has 2 heterocycles. The van der Waals surface area contributed by atoms with E-state index in [0.717, 1.165) is 14.7 Å². The lowest BCUT2D eigenvalue weighted by molar-refractivity contribution is -0.128. The summed E-state index contributed by atoms with van der Waals surface area (Å²) in [6, 6.07) is 7.26. The molecule has 21 heavy (non-hydrogen) atoms. The van der Waals surface area contributed by atoms with E-state index >= 15 is 0 Å². The lowest BCUT2D eigenvalue weighted by Gasteiger charge is -2.23. The van der Waals surface area contributed by atoms with Crippen molar-refractivity contribution < 1.29 is 13.6 Å². The second-order valence-corrected chi connectivity index (χ2v) is 8.17. The van der Waals surface area contributed by atoms with E-state index in [2.05, 4.69) is 15.9 Å². The maximum absolute atomic E-state index is 13.3. The van der Waals surface area contributed by atoms with E-state index < -0.39 is 11.6 Å². The molecule has 0 bridgehead atoms. The average molecular weight is 390 g/mol. The zero-order chi connectivity index (χ0) is 15.0. The van der Waals surface area contributed by atoms with Crippen molar-refractivity contribution in [2.45, 2.75) is 11.9 Å². The van der Waals surface area contributed by atoms with Crippen LogP contribution >= 0.6 is 39.0 Å². The normalized spacial score (nSPS) is 18.5. The van der Waals surface area contributed by atoms with E-state index in [1.165, 1.54) is 23.9 Å². The molecule has 1 aliphatic heterocycles. The summed E-state index contributed by atoms with van der Waals surface area (Å²) < 4.78 is 27.5. The van der Waals surface area contributed by atoms with Crippen LogP contribution in [0, 0.1) is 11.6 Å². The quantitative estimate of drug-likeness (QED) is 0.766. The summed E-state index contributed by atoms with van der Waals surface area (Å²) >= 11 is 6.50. The van der Waals surface area contributed by atoms with Crippen molar-refractivity contribution >= 4 is 44.9 Å². The standard InChI is InChI=1S/C14H10BrF2NOS2/c15-12-2-1-11(21-12)14-18(13(19)7-20-14)6-8-3-9(16)5-10(17)4-8/h1-5,14H,6-7H2. The molecular weight excluding hydrogens is 380 g/mol. The van der Waals surface area contributed by atoms with Crippen molar-refractivity contribution in [2.75, 3.05) is 5.75 Å². The molecule has 1 amide bonds. The molecule has 1 fully saturated rings. The van der Waals surface area contributed by atoms with Gasteiger partial charge >= 0.3 is 0 Å². The highest BCUT2D eigenvalue weighted by atomic mass is 79.9. The molecule has 1 aliphatic rings. The van der Waals surface area contributed by atoms with Crippen molar-refractivity contribution in [2.24, 2.45) is 0 Å². The van der Waals surface area contributed by atoms with Gasteiger partial charge in [-0.25, -0.2) is 8.78 Å². The van der Waals surface area contributed by atoms with E-state index in [4.69, 9.17) is 0 Å². The highest BCUT2D eigenvalue weighted by Gasteiger charge is 2.33. The van der Waals surface area contributed by atoms with E-state index in [1.54, 1.807) is 16.2 Å². The Morgan fingerprint density at radius 3 is 2.57 bits per heavy atom. The third-order valence-corrected chi connectivity index (χ3v) is 6.14. The van der Waals surface area contributed by atoms with Crippen LogP contribution in [0.5, 0.6) is 0 Å². The second kappa shape index (κ2) is 6.06. The van der Waals surface area contributed by atoms with Crippen LogP contribution in [0.1, 0.15) is 15.8 Å². The number of thiophene rings is 1. The molecule has 2 aromatic rings. The SMILES string of the molecule is O=C1CSC(c2ccc(Br)s2)N1Cc1cc(F)cc(F)c1.